The predicted octanol–water partition coefficient (Wildman–Crippen LogP) is 4.79. The second-order valence-electron chi connectivity index (χ2n) is 2.65. The number of fused-ring (bicyclic) bond motifs is 1. The largest absolute Gasteiger partial charge is 0.266 e. The average molecular weight is 283 g/mol. The molecule has 0 aliphatic heterocycles. The summed E-state index contributed by atoms with van der Waals surface area (Å²) < 4.78 is -1.61. The molecule has 0 saturated carbocycles. The third-order valence-corrected chi connectivity index (χ3v) is 1.55. The van der Waals surface area contributed by atoms with Crippen LogP contribution in [0.15, 0.2) is 42.7 Å². The maximum atomic E-state index is 4.83. The van der Waals surface area contributed by atoms with Gasteiger partial charge in [-0.05, 0) is 16.8 Å². The maximum Gasteiger partial charge on any atom is 0.266 e. The summed E-state index contributed by atoms with van der Waals surface area (Å²) in [4.78, 5) is 4.01. The average Bonchev–Trinajstić information content (AvgIpc) is 2.16. The molecule has 0 saturated heterocycles. The Bertz CT molecular complexity index is 353. The lowest BCUT2D eigenvalue weighted by molar-refractivity contribution is 1.36. The van der Waals surface area contributed by atoms with Crippen molar-refractivity contribution in [1.82, 2.24) is 4.98 Å². The van der Waals surface area contributed by atoms with Crippen molar-refractivity contribution in [2.45, 2.75) is 3.25 Å². The highest BCUT2D eigenvalue weighted by atomic mass is 35.6. The molecule has 0 aliphatic carbocycles. The van der Waals surface area contributed by atoms with Gasteiger partial charge >= 0.3 is 0 Å². The normalized spacial score (nSPS) is 10.7. The Kier molecular flexibility index (Phi) is 4.94. The van der Waals surface area contributed by atoms with Crippen LogP contribution in [-0.4, -0.2) is 8.24 Å². The van der Waals surface area contributed by atoms with Crippen molar-refractivity contribution < 1.29 is 0 Å². The quantitative estimate of drug-likeness (QED) is 0.633. The van der Waals surface area contributed by atoms with Crippen LogP contribution in [0.25, 0.3) is 10.8 Å². The number of pyridine rings is 1. The number of alkyl halides is 4. The summed E-state index contributed by atoms with van der Waals surface area (Å²) in [7, 11) is 0. The van der Waals surface area contributed by atoms with Crippen molar-refractivity contribution in [3.8, 4) is 0 Å². The van der Waals surface area contributed by atoms with Crippen LogP contribution in [0.5, 0.6) is 0 Å². The van der Waals surface area contributed by atoms with Crippen molar-refractivity contribution in [3.63, 3.8) is 0 Å². The molecular weight excluding hydrogens is 276 g/mol. The summed E-state index contributed by atoms with van der Waals surface area (Å²) in [6.07, 6.45) is 3.68. The van der Waals surface area contributed by atoms with Crippen molar-refractivity contribution in [2.24, 2.45) is 0 Å². The fourth-order valence-electron chi connectivity index (χ4n) is 1.03. The minimum absolute atomic E-state index is 1.20. The predicted molar refractivity (Wildman–Crippen MR) is 67.9 cm³/mol. The minimum atomic E-state index is -1.61. The van der Waals surface area contributed by atoms with Crippen LogP contribution in [0, 0.1) is 0 Å². The molecule has 0 N–H and O–H groups in total. The van der Waals surface area contributed by atoms with Gasteiger partial charge in [-0.15, -0.1) is 0 Å². The first-order chi connectivity index (χ1) is 6.97. The van der Waals surface area contributed by atoms with Crippen LogP contribution >= 0.6 is 46.4 Å². The number of rotatable bonds is 0. The van der Waals surface area contributed by atoms with Crippen LogP contribution in [-0.2, 0) is 0 Å². The molecule has 0 bridgehead atoms. The fourth-order valence-corrected chi connectivity index (χ4v) is 1.03. The molecule has 0 fully saturated rings. The van der Waals surface area contributed by atoms with Crippen molar-refractivity contribution in [1.29, 1.82) is 0 Å². The highest BCUT2D eigenvalue weighted by molar-refractivity contribution is 6.83. The van der Waals surface area contributed by atoms with Gasteiger partial charge in [0.05, 0.1) is 0 Å². The van der Waals surface area contributed by atoms with Gasteiger partial charge in [0.25, 0.3) is 3.25 Å². The SMILES string of the molecule is ClC(Cl)(Cl)Cl.c1ccc2cnccc2c1. The Hall–Kier alpha value is -0.210. The Labute approximate surface area is 108 Å². The lowest BCUT2D eigenvalue weighted by atomic mass is 10.2. The number of hydrogen-bond acceptors (Lipinski definition) is 1. The number of halogens is 4. The fraction of sp³-hybridized carbons (Fsp3) is 0.100. The zero-order valence-corrected chi connectivity index (χ0v) is 10.5. The molecule has 5 heteroatoms. The van der Waals surface area contributed by atoms with Crippen LogP contribution in [0.2, 0.25) is 0 Å². The van der Waals surface area contributed by atoms with E-state index in [1.165, 1.54) is 10.8 Å². The summed E-state index contributed by atoms with van der Waals surface area (Å²) in [6.45, 7) is 0. The number of aromatic nitrogens is 1. The van der Waals surface area contributed by atoms with Crippen LogP contribution in [0.4, 0.5) is 0 Å². The van der Waals surface area contributed by atoms with Crippen LogP contribution in [0.1, 0.15) is 0 Å². The van der Waals surface area contributed by atoms with Gasteiger partial charge in [0.2, 0.25) is 0 Å². The Balaban J connectivity index is 0.000000195. The highest BCUT2D eigenvalue weighted by Gasteiger charge is 2.11. The van der Waals surface area contributed by atoms with Gasteiger partial charge in [-0.2, -0.15) is 0 Å². The molecule has 1 nitrogen and oxygen atoms in total. The third kappa shape index (κ3) is 6.06. The van der Waals surface area contributed by atoms with E-state index in [9.17, 15) is 0 Å². The number of hydrogen-bond donors (Lipinski definition) is 0. The second kappa shape index (κ2) is 5.76. The van der Waals surface area contributed by atoms with Crippen LogP contribution < -0.4 is 0 Å². The smallest absolute Gasteiger partial charge is 0.264 e. The monoisotopic (exact) mass is 281 g/mol. The zero-order chi connectivity index (χ0) is 11.3. The standard InChI is InChI=1S/C9H7N.CCl4/c1-2-4-9-7-10-6-5-8(9)3-1;2-1(3,4)5/h1-7H;. The molecule has 0 radical (unpaired) electrons. The molecule has 0 aliphatic rings. The van der Waals surface area contributed by atoms with Gasteiger partial charge in [0.15, 0.2) is 0 Å². The molecule has 1 aromatic heterocycles. The highest BCUT2D eigenvalue weighted by Crippen LogP contribution is 2.29. The molecule has 1 heterocycles. The number of nitrogens with zero attached hydrogens (tertiary/aromatic N) is 1. The third-order valence-electron chi connectivity index (χ3n) is 1.55. The van der Waals surface area contributed by atoms with E-state index in [4.69, 9.17) is 46.4 Å². The van der Waals surface area contributed by atoms with Gasteiger partial charge in [-0.25, -0.2) is 0 Å². The van der Waals surface area contributed by atoms with Gasteiger partial charge in [-0.1, -0.05) is 70.7 Å². The molecule has 0 atom stereocenters. The summed E-state index contributed by atoms with van der Waals surface area (Å²) >= 11 is 19.3. The first-order valence-electron chi connectivity index (χ1n) is 4.01. The lowest BCUT2D eigenvalue weighted by Crippen LogP contribution is -1.81. The first-order valence-corrected chi connectivity index (χ1v) is 5.52. The van der Waals surface area contributed by atoms with Crippen molar-refractivity contribution >= 4 is 57.2 Å². The molecular formula is C10H7Cl4N. The van der Waals surface area contributed by atoms with Gasteiger partial charge in [-0.3, -0.25) is 4.98 Å². The Morgan fingerprint density at radius 2 is 1.40 bits per heavy atom. The van der Waals surface area contributed by atoms with Crippen LogP contribution in [0.3, 0.4) is 0 Å². The lowest BCUT2D eigenvalue weighted by Gasteiger charge is -1.91. The van der Waals surface area contributed by atoms with Crippen molar-refractivity contribution in [3.05, 3.63) is 42.7 Å². The molecule has 15 heavy (non-hydrogen) atoms. The van der Waals surface area contributed by atoms with E-state index in [1.54, 1.807) is 0 Å². The van der Waals surface area contributed by atoms with Gasteiger partial charge in [0, 0.05) is 12.4 Å². The number of benzene rings is 1. The maximum absolute atomic E-state index is 4.83. The summed E-state index contributed by atoms with van der Waals surface area (Å²) in [5.74, 6) is 0. The van der Waals surface area contributed by atoms with E-state index in [1.807, 2.05) is 30.6 Å². The molecule has 2 rings (SSSR count). The minimum Gasteiger partial charge on any atom is -0.264 e. The Morgan fingerprint density at radius 1 is 0.867 bits per heavy atom. The van der Waals surface area contributed by atoms with E-state index in [2.05, 4.69) is 17.1 Å². The molecule has 0 unspecified atom stereocenters. The molecule has 0 spiro atoms. The van der Waals surface area contributed by atoms with E-state index < -0.39 is 3.25 Å². The second-order valence-corrected chi connectivity index (χ2v) is 6.08. The molecule has 0 amide bonds. The molecule has 1 aromatic carbocycles. The van der Waals surface area contributed by atoms with E-state index in [-0.39, 0.29) is 0 Å². The summed E-state index contributed by atoms with van der Waals surface area (Å²) in [5.41, 5.74) is 0. The molecule has 2 aromatic rings. The van der Waals surface area contributed by atoms with Gasteiger partial charge < -0.3 is 0 Å². The molecule has 80 valence electrons. The Morgan fingerprint density at radius 3 is 1.93 bits per heavy atom. The summed E-state index contributed by atoms with van der Waals surface area (Å²) in [6, 6.07) is 10.2. The van der Waals surface area contributed by atoms with E-state index in [0.717, 1.165) is 0 Å². The zero-order valence-electron chi connectivity index (χ0n) is 7.50. The summed E-state index contributed by atoms with van der Waals surface area (Å²) in [5, 5.41) is 2.45. The first kappa shape index (κ1) is 12.9. The van der Waals surface area contributed by atoms with Gasteiger partial charge in [0.1, 0.15) is 0 Å². The van der Waals surface area contributed by atoms with Crippen molar-refractivity contribution in [2.75, 3.05) is 0 Å². The van der Waals surface area contributed by atoms with E-state index >= 15 is 0 Å². The van der Waals surface area contributed by atoms with E-state index in [0.29, 0.717) is 0 Å². The topological polar surface area (TPSA) is 12.9 Å².